The highest BCUT2D eigenvalue weighted by Gasteiger charge is 2.01. The van der Waals surface area contributed by atoms with Gasteiger partial charge in [-0.2, -0.15) is 0 Å². The van der Waals surface area contributed by atoms with Gasteiger partial charge in [-0.05, 0) is 76.9 Å². The lowest BCUT2D eigenvalue weighted by molar-refractivity contribution is 1.14. The van der Waals surface area contributed by atoms with E-state index in [2.05, 4.69) is 72.8 Å². The minimum atomic E-state index is 0.809. The van der Waals surface area contributed by atoms with Crippen LogP contribution in [0.15, 0.2) is 97.1 Å². The Bertz CT molecular complexity index is 957. The van der Waals surface area contributed by atoms with Crippen LogP contribution in [0, 0.1) is 0 Å². The predicted molar refractivity (Wildman–Crippen MR) is 123 cm³/mol. The van der Waals surface area contributed by atoms with E-state index >= 15 is 0 Å². The van der Waals surface area contributed by atoms with Gasteiger partial charge in [-0.25, -0.2) is 0 Å². The molecule has 0 saturated carbocycles. The van der Waals surface area contributed by atoms with Crippen molar-refractivity contribution >= 4 is 11.4 Å². The SMILES string of the molecule is Nc1ccc(Cc2ccc(Cc3ccc(Cc4ccc(N)cc4)cc3)cc2)cc1. The van der Waals surface area contributed by atoms with Gasteiger partial charge in [-0.15, -0.1) is 0 Å². The van der Waals surface area contributed by atoms with E-state index in [1.165, 1.54) is 33.4 Å². The molecule has 144 valence electrons. The van der Waals surface area contributed by atoms with Gasteiger partial charge in [0.05, 0.1) is 0 Å². The Morgan fingerprint density at radius 3 is 0.690 bits per heavy atom. The molecule has 29 heavy (non-hydrogen) atoms. The highest BCUT2D eigenvalue weighted by atomic mass is 14.5. The van der Waals surface area contributed by atoms with E-state index in [-0.39, 0.29) is 0 Å². The summed E-state index contributed by atoms with van der Waals surface area (Å²) in [5.41, 5.74) is 21.0. The first kappa shape index (κ1) is 18.8. The number of hydrogen-bond acceptors (Lipinski definition) is 2. The van der Waals surface area contributed by atoms with E-state index in [1.54, 1.807) is 0 Å². The summed E-state index contributed by atoms with van der Waals surface area (Å²) < 4.78 is 0. The third-order valence-electron chi connectivity index (χ3n) is 5.23. The average molecular weight is 379 g/mol. The average Bonchev–Trinajstić information content (AvgIpc) is 2.74. The van der Waals surface area contributed by atoms with Crippen LogP contribution in [-0.2, 0) is 19.3 Å². The molecule has 0 fully saturated rings. The monoisotopic (exact) mass is 378 g/mol. The molecule has 4 aromatic carbocycles. The molecule has 0 aliphatic rings. The molecule has 0 bridgehead atoms. The maximum atomic E-state index is 5.76. The first-order chi connectivity index (χ1) is 14.1. The van der Waals surface area contributed by atoms with Gasteiger partial charge >= 0.3 is 0 Å². The van der Waals surface area contributed by atoms with Gasteiger partial charge in [0.2, 0.25) is 0 Å². The Labute approximate surface area is 172 Å². The van der Waals surface area contributed by atoms with Gasteiger partial charge in [-0.3, -0.25) is 0 Å². The first-order valence-corrected chi connectivity index (χ1v) is 9.98. The van der Waals surface area contributed by atoms with Crippen LogP contribution < -0.4 is 11.5 Å². The standard InChI is InChI=1S/C27H26N2/c28-26-13-9-24(10-14-26)18-22-5-1-20(2-6-22)17-21-3-7-23(8-4-21)19-25-11-15-27(29)16-12-25/h1-16H,17-19,28-29H2. The fourth-order valence-corrected chi connectivity index (χ4v) is 3.53. The normalized spacial score (nSPS) is 10.8. The molecule has 0 aliphatic heterocycles. The zero-order chi connectivity index (χ0) is 20.1. The topological polar surface area (TPSA) is 52.0 Å². The van der Waals surface area contributed by atoms with Crippen LogP contribution in [0.2, 0.25) is 0 Å². The number of nitrogen functional groups attached to an aromatic ring is 2. The molecule has 0 aliphatic carbocycles. The Kier molecular flexibility index (Phi) is 5.62. The lowest BCUT2D eigenvalue weighted by atomic mass is 9.98. The Hall–Kier alpha value is -3.52. The van der Waals surface area contributed by atoms with Crippen LogP contribution in [0.1, 0.15) is 33.4 Å². The third kappa shape index (κ3) is 5.26. The molecule has 0 unspecified atom stereocenters. The number of nitrogens with two attached hydrogens (primary N) is 2. The number of hydrogen-bond donors (Lipinski definition) is 2. The molecule has 0 aromatic heterocycles. The zero-order valence-corrected chi connectivity index (χ0v) is 16.5. The molecule has 4 aromatic rings. The van der Waals surface area contributed by atoms with E-state index in [4.69, 9.17) is 11.5 Å². The molecule has 4 N–H and O–H groups in total. The van der Waals surface area contributed by atoms with E-state index in [0.717, 1.165) is 30.6 Å². The quantitative estimate of drug-likeness (QED) is 0.428. The molecule has 0 heterocycles. The van der Waals surface area contributed by atoms with Crippen LogP contribution >= 0.6 is 0 Å². The van der Waals surface area contributed by atoms with Crippen molar-refractivity contribution in [2.45, 2.75) is 19.3 Å². The minimum absolute atomic E-state index is 0.809. The molecule has 2 heteroatoms. The first-order valence-electron chi connectivity index (χ1n) is 9.98. The van der Waals surface area contributed by atoms with Crippen LogP contribution in [0.25, 0.3) is 0 Å². The van der Waals surface area contributed by atoms with Crippen LogP contribution in [-0.4, -0.2) is 0 Å². The molecule has 0 amide bonds. The van der Waals surface area contributed by atoms with E-state index in [1.807, 2.05) is 24.3 Å². The highest BCUT2D eigenvalue weighted by molar-refractivity contribution is 5.42. The van der Waals surface area contributed by atoms with Crippen molar-refractivity contribution < 1.29 is 0 Å². The van der Waals surface area contributed by atoms with Crippen molar-refractivity contribution in [1.82, 2.24) is 0 Å². The van der Waals surface area contributed by atoms with Crippen molar-refractivity contribution in [2.75, 3.05) is 11.5 Å². The lowest BCUT2D eigenvalue weighted by Gasteiger charge is -2.07. The maximum absolute atomic E-state index is 5.76. The summed E-state index contributed by atoms with van der Waals surface area (Å²) in [6.45, 7) is 0. The fraction of sp³-hybridized carbons (Fsp3) is 0.111. The second kappa shape index (κ2) is 8.66. The van der Waals surface area contributed by atoms with E-state index < -0.39 is 0 Å². The van der Waals surface area contributed by atoms with E-state index in [9.17, 15) is 0 Å². The summed E-state index contributed by atoms with van der Waals surface area (Å²) in [5, 5.41) is 0. The minimum Gasteiger partial charge on any atom is -0.399 e. The fourth-order valence-electron chi connectivity index (χ4n) is 3.53. The second-order valence-electron chi connectivity index (χ2n) is 7.65. The smallest absolute Gasteiger partial charge is 0.0314 e. The summed E-state index contributed by atoms with van der Waals surface area (Å²) in [4.78, 5) is 0. The summed E-state index contributed by atoms with van der Waals surface area (Å²) in [5.74, 6) is 0. The van der Waals surface area contributed by atoms with Crippen LogP contribution in [0.5, 0.6) is 0 Å². The zero-order valence-electron chi connectivity index (χ0n) is 16.5. The molecule has 0 saturated heterocycles. The van der Waals surface area contributed by atoms with Crippen molar-refractivity contribution in [3.05, 3.63) is 130 Å². The Morgan fingerprint density at radius 2 is 0.483 bits per heavy atom. The van der Waals surface area contributed by atoms with Crippen molar-refractivity contribution in [3.63, 3.8) is 0 Å². The predicted octanol–water partition coefficient (Wildman–Crippen LogP) is 5.62. The van der Waals surface area contributed by atoms with E-state index in [0.29, 0.717) is 0 Å². The molecule has 4 rings (SSSR count). The summed E-state index contributed by atoms with van der Waals surface area (Å²) in [6.07, 6.45) is 2.81. The van der Waals surface area contributed by atoms with Crippen molar-refractivity contribution in [2.24, 2.45) is 0 Å². The molecular weight excluding hydrogens is 352 g/mol. The maximum Gasteiger partial charge on any atom is 0.0314 e. The molecule has 0 radical (unpaired) electrons. The van der Waals surface area contributed by atoms with Gasteiger partial charge in [0.15, 0.2) is 0 Å². The second-order valence-corrected chi connectivity index (χ2v) is 7.65. The third-order valence-corrected chi connectivity index (χ3v) is 5.23. The lowest BCUT2D eigenvalue weighted by Crippen LogP contribution is -1.93. The summed E-state index contributed by atoms with van der Waals surface area (Å²) in [6, 6.07) is 34.0. The van der Waals surface area contributed by atoms with Crippen molar-refractivity contribution in [3.8, 4) is 0 Å². The summed E-state index contributed by atoms with van der Waals surface area (Å²) in [7, 11) is 0. The Morgan fingerprint density at radius 1 is 0.310 bits per heavy atom. The molecule has 0 atom stereocenters. The Balaban J connectivity index is 1.36. The van der Waals surface area contributed by atoms with Crippen LogP contribution in [0.3, 0.4) is 0 Å². The van der Waals surface area contributed by atoms with Gasteiger partial charge in [0.25, 0.3) is 0 Å². The number of rotatable bonds is 6. The summed E-state index contributed by atoms with van der Waals surface area (Å²) >= 11 is 0. The largest absolute Gasteiger partial charge is 0.399 e. The molecule has 0 spiro atoms. The molecular formula is C27H26N2. The van der Waals surface area contributed by atoms with Gasteiger partial charge < -0.3 is 11.5 Å². The van der Waals surface area contributed by atoms with Crippen LogP contribution in [0.4, 0.5) is 11.4 Å². The number of benzene rings is 4. The molecule has 2 nitrogen and oxygen atoms in total. The number of anilines is 2. The van der Waals surface area contributed by atoms with Gasteiger partial charge in [0.1, 0.15) is 0 Å². The van der Waals surface area contributed by atoms with Gasteiger partial charge in [0, 0.05) is 11.4 Å². The van der Waals surface area contributed by atoms with Crippen molar-refractivity contribution in [1.29, 1.82) is 0 Å². The highest BCUT2D eigenvalue weighted by Crippen LogP contribution is 2.17. The van der Waals surface area contributed by atoms with Gasteiger partial charge in [-0.1, -0.05) is 72.8 Å².